The summed E-state index contributed by atoms with van der Waals surface area (Å²) < 4.78 is 5.07. The van der Waals surface area contributed by atoms with E-state index in [1.54, 1.807) is 6.20 Å². The molecule has 2 aromatic heterocycles. The Kier molecular flexibility index (Phi) is 2.19. The maximum absolute atomic E-state index is 11.1. The first-order valence-corrected chi connectivity index (χ1v) is 5.43. The van der Waals surface area contributed by atoms with E-state index >= 15 is 0 Å². The van der Waals surface area contributed by atoms with Gasteiger partial charge in [-0.2, -0.15) is 0 Å². The molecule has 0 bridgehead atoms. The monoisotopic (exact) mass is 242 g/mol. The molecular weight excluding hydrogens is 232 g/mol. The Labute approximate surface area is 102 Å². The molecule has 2 N–H and O–H groups in total. The van der Waals surface area contributed by atoms with Crippen LogP contribution in [0, 0.1) is 6.92 Å². The average Bonchev–Trinajstić information content (AvgIpc) is 2.94. The summed E-state index contributed by atoms with van der Waals surface area (Å²) in [6.07, 6.45) is 2.96. The first-order chi connectivity index (χ1) is 8.68. The van der Waals surface area contributed by atoms with E-state index in [1.165, 1.54) is 6.20 Å². The molecule has 3 aromatic rings. The minimum absolute atomic E-state index is 0.0670. The van der Waals surface area contributed by atoms with Crippen LogP contribution in [0.15, 0.2) is 35.1 Å². The largest absolute Gasteiger partial charge is 0.477 e. The van der Waals surface area contributed by atoms with Crippen molar-refractivity contribution in [2.24, 2.45) is 0 Å². The standard InChI is InChI=1S/C13H10N2O3/c1-7-3-2-4-8-9(5-14-11(7)8)12-10(13(16)17)6-15-18-12/h2-6,14H,1H3,(H,16,17). The highest BCUT2D eigenvalue weighted by Crippen LogP contribution is 2.32. The fraction of sp³-hybridized carbons (Fsp3) is 0.0769. The number of H-pyrrole nitrogens is 1. The predicted octanol–water partition coefficient (Wildman–Crippen LogP) is 2.83. The molecule has 0 spiro atoms. The molecule has 90 valence electrons. The number of benzene rings is 1. The topological polar surface area (TPSA) is 79.1 Å². The number of aryl methyl sites for hydroxylation is 1. The third-order valence-corrected chi connectivity index (χ3v) is 2.97. The van der Waals surface area contributed by atoms with Crippen molar-refractivity contribution >= 4 is 16.9 Å². The average molecular weight is 242 g/mol. The number of carboxylic acids is 1. The van der Waals surface area contributed by atoms with Gasteiger partial charge in [0, 0.05) is 22.7 Å². The van der Waals surface area contributed by atoms with E-state index in [9.17, 15) is 4.79 Å². The van der Waals surface area contributed by atoms with Crippen LogP contribution in [-0.4, -0.2) is 21.2 Å². The van der Waals surface area contributed by atoms with Crippen LogP contribution in [0.25, 0.3) is 22.2 Å². The van der Waals surface area contributed by atoms with E-state index in [-0.39, 0.29) is 11.3 Å². The van der Waals surface area contributed by atoms with Crippen molar-refractivity contribution in [3.63, 3.8) is 0 Å². The Morgan fingerprint density at radius 2 is 2.28 bits per heavy atom. The van der Waals surface area contributed by atoms with Gasteiger partial charge in [0.25, 0.3) is 0 Å². The molecule has 5 heteroatoms. The first-order valence-electron chi connectivity index (χ1n) is 5.43. The minimum Gasteiger partial charge on any atom is -0.477 e. The molecule has 0 aliphatic carbocycles. The SMILES string of the molecule is Cc1cccc2c(-c3oncc3C(=O)O)c[nH]c12. The van der Waals surface area contributed by atoms with Crippen LogP contribution < -0.4 is 0 Å². The summed E-state index contributed by atoms with van der Waals surface area (Å²) in [5.74, 6) is -0.771. The van der Waals surface area contributed by atoms with E-state index in [0.29, 0.717) is 5.56 Å². The second-order valence-electron chi connectivity index (χ2n) is 4.07. The minimum atomic E-state index is -1.05. The first kappa shape index (κ1) is 10.6. The van der Waals surface area contributed by atoms with Crippen molar-refractivity contribution in [2.45, 2.75) is 6.92 Å². The molecule has 0 aliphatic heterocycles. The molecule has 3 rings (SSSR count). The van der Waals surface area contributed by atoms with E-state index in [2.05, 4.69) is 10.1 Å². The number of hydrogen-bond donors (Lipinski definition) is 2. The highest BCUT2D eigenvalue weighted by molar-refractivity contribution is 6.01. The summed E-state index contributed by atoms with van der Waals surface area (Å²) in [4.78, 5) is 14.2. The summed E-state index contributed by atoms with van der Waals surface area (Å²) in [5, 5.41) is 13.6. The summed E-state index contributed by atoms with van der Waals surface area (Å²) in [5.41, 5.74) is 2.84. The summed E-state index contributed by atoms with van der Waals surface area (Å²) in [7, 11) is 0. The second-order valence-corrected chi connectivity index (χ2v) is 4.07. The number of hydrogen-bond acceptors (Lipinski definition) is 3. The zero-order valence-electron chi connectivity index (χ0n) is 9.60. The molecule has 0 fully saturated rings. The number of aromatic carboxylic acids is 1. The Balaban J connectivity index is 2.29. The highest BCUT2D eigenvalue weighted by Gasteiger charge is 2.19. The normalized spacial score (nSPS) is 10.9. The number of nitrogens with zero attached hydrogens (tertiary/aromatic N) is 1. The number of carbonyl (C=O) groups is 1. The number of para-hydroxylation sites is 1. The van der Waals surface area contributed by atoms with Gasteiger partial charge in [0.2, 0.25) is 0 Å². The van der Waals surface area contributed by atoms with E-state index in [0.717, 1.165) is 16.5 Å². The lowest BCUT2D eigenvalue weighted by atomic mass is 10.1. The number of fused-ring (bicyclic) bond motifs is 1. The molecule has 2 heterocycles. The lowest BCUT2D eigenvalue weighted by Gasteiger charge is -1.97. The van der Waals surface area contributed by atoms with Gasteiger partial charge in [0.1, 0.15) is 5.56 Å². The molecular formula is C13H10N2O3. The van der Waals surface area contributed by atoms with Gasteiger partial charge in [-0.15, -0.1) is 0 Å². The smallest absolute Gasteiger partial charge is 0.341 e. The molecule has 1 aromatic carbocycles. The van der Waals surface area contributed by atoms with Gasteiger partial charge in [-0.1, -0.05) is 23.4 Å². The Morgan fingerprint density at radius 1 is 1.44 bits per heavy atom. The molecule has 0 amide bonds. The Bertz CT molecular complexity index is 740. The molecule has 0 radical (unpaired) electrons. The third kappa shape index (κ3) is 1.41. The Morgan fingerprint density at radius 3 is 3.06 bits per heavy atom. The van der Waals surface area contributed by atoms with Crippen LogP contribution >= 0.6 is 0 Å². The maximum Gasteiger partial charge on any atom is 0.341 e. The van der Waals surface area contributed by atoms with Crippen LogP contribution in [0.5, 0.6) is 0 Å². The summed E-state index contributed by atoms with van der Waals surface area (Å²) in [6, 6.07) is 5.83. The van der Waals surface area contributed by atoms with E-state index in [4.69, 9.17) is 9.63 Å². The molecule has 0 saturated heterocycles. The lowest BCUT2D eigenvalue weighted by molar-refractivity contribution is 0.0697. The van der Waals surface area contributed by atoms with Crippen molar-refractivity contribution < 1.29 is 14.4 Å². The van der Waals surface area contributed by atoms with Crippen molar-refractivity contribution in [3.8, 4) is 11.3 Å². The summed E-state index contributed by atoms with van der Waals surface area (Å²) >= 11 is 0. The van der Waals surface area contributed by atoms with Crippen molar-refractivity contribution in [3.05, 3.63) is 41.7 Å². The van der Waals surface area contributed by atoms with Gasteiger partial charge in [-0.25, -0.2) is 4.79 Å². The van der Waals surface area contributed by atoms with Crippen LogP contribution in [0.1, 0.15) is 15.9 Å². The molecule has 0 aliphatic rings. The van der Waals surface area contributed by atoms with Crippen LogP contribution in [-0.2, 0) is 0 Å². The van der Waals surface area contributed by atoms with E-state index < -0.39 is 5.97 Å². The van der Waals surface area contributed by atoms with E-state index in [1.807, 2.05) is 25.1 Å². The number of rotatable bonds is 2. The van der Waals surface area contributed by atoms with Crippen LogP contribution in [0.2, 0.25) is 0 Å². The van der Waals surface area contributed by atoms with Crippen LogP contribution in [0.4, 0.5) is 0 Å². The fourth-order valence-electron chi connectivity index (χ4n) is 2.08. The summed E-state index contributed by atoms with van der Waals surface area (Å²) in [6.45, 7) is 1.99. The molecule has 18 heavy (non-hydrogen) atoms. The van der Waals surface area contributed by atoms with Gasteiger partial charge in [0.15, 0.2) is 5.76 Å². The third-order valence-electron chi connectivity index (χ3n) is 2.97. The Hall–Kier alpha value is -2.56. The van der Waals surface area contributed by atoms with Gasteiger partial charge in [-0.3, -0.25) is 0 Å². The zero-order chi connectivity index (χ0) is 12.7. The van der Waals surface area contributed by atoms with Gasteiger partial charge in [-0.05, 0) is 12.5 Å². The van der Waals surface area contributed by atoms with Gasteiger partial charge < -0.3 is 14.6 Å². The predicted molar refractivity (Wildman–Crippen MR) is 65.5 cm³/mol. The molecule has 0 saturated carbocycles. The van der Waals surface area contributed by atoms with Crippen LogP contribution in [0.3, 0.4) is 0 Å². The zero-order valence-corrected chi connectivity index (χ0v) is 9.60. The number of aromatic amines is 1. The maximum atomic E-state index is 11.1. The lowest BCUT2D eigenvalue weighted by Crippen LogP contribution is -1.95. The highest BCUT2D eigenvalue weighted by atomic mass is 16.5. The van der Waals surface area contributed by atoms with Crippen molar-refractivity contribution in [2.75, 3.05) is 0 Å². The van der Waals surface area contributed by atoms with Crippen molar-refractivity contribution in [1.29, 1.82) is 0 Å². The number of nitrogens with one attached hydrogen (secondary N) is 1. The van der Waals surface area contributed by atoms with Crippen molar-refractivity contribution in [1.82, 2.24) is 10.1 Å². The number of aromatic nitrogens is 2. The molecule has 0 atom stereocenters. The molecule has 0 unspecified atom stereocenters. The number of carboxylic acid groups (broad SMARTS) is 1. The second kappa shape index (κ2) is 3.73. The van der Waals surface area contributed by atoms with Gasteiger partial charge >= 0.3 is 5.97 Å². The molecule has 5 nitrogen and oxygen atoms in total. The van der Waals surface area contributed by atoms with Gasteiger partial charge in [0.05, 0.1) is 6.20 Å². The quantitative estimate of drug-likeness (QED) is 0.724. The fourth-order valence-corrected chi connectivity index (χ4v) is 2.08.